The highest BCUT2D eigenvalue weighted by molar-refractivity contribution is 5.42. The second-order valence-electron chi connectivity index (χ2n) is 2.87. The third-order valence-electron chi connectivity index (χ3n) is 1.76. The molecule has 1 aromatic rings. The first kappa shape index (κ1) is 11.5. The summed E-state index contributed by atoms with van der Waals surface area (Å²) in [5.41, 5.74) is 1.07. The van der Waals surface area contributed by atoms with E-state index in [9.17, 15) is 4.79 Å². The fraction of sp³-hybridized carbons (Fsp3) is 0.364. The summed E-state index contributed by atoms with van der Waals surface area (Å²) in [7, 11) is 0. The lowest BCUT2D eigenvalue weighted by atomic mass is 10.3. The van der Waals surface area contributed by atoms with Gasteiger partial charge in [-0.2, -0.15) is 0 Å². The van der Waals surface area contributed by atoms with E-state index >= 15 is 0 Å². The summed E-state index contributed by atoms with van der Waals surface area (Å²) in [6.45, 7) is 2.51. The molecule has 4 heteroatoms. The molecule has 0 amide bonds. The van der Waals surface area contributed by atoms with Crippen molar-refractivity contribution in [3.05, 3.63) is 30.3 Å². The molecule has 0 atom stereocenters. The fourth-order valence-corrected chi connectivity index (χ4v) is 1.08. The van der Waals surface area contributed by atoms with Crippen molar-refractivity contribution in [2.24, 2.45) is 0 Å². The minimum atomic E-state index is 0.314. The number of carbonyl (C=O) groups excluding carboxylic acids is 1. The van der Waals surface area contributed by atoms with Gasteiger partial charge >= 0.3 is 0 Å². The summed E-state index contributed by atoms with van der Waals surface area (Å²) < 4.78 is 9.68. The molecule has 15 heavy (non-hydrogen) atoms. The molecule has 0 radical (unpaired) electrons. The van der Waals surface area contributed by atoms with E-state index in [0.717, 1.165) is 12.2 Å². The van der Waals surface area contributed by atoms with Gasteiger partial charge in [0.05, 0.1) is 13.2 Å². The number of carbonyl (C=O) groups is 1. The molecule has 0 unspecified atom stereocenters. The highest BCUT2D eigenvalue weighted by Gasteiger charge is 1.90. The maximum absolute atomic E-state index is 9.79. The van der Waals surface area contributed by atoms with Gasteiger partial charge in [0, 0.05) is 12.2 Å². The molecule has 1 rings (SSSR count). The molecule has 0 spiro atoms. The third-order valence-corrected chi connectivity index (χ3v) is 1.76. The monoisotopic (exact) mass is 209 g/mol. The van der Waals surface area contributed by atoms with Crippen LogP contribution in [0, 0.1) is 0 Å². The van der Waals surface area contributed by atoms with E-state index < -0.39 is 0 Å². The standard InChI is InChI=1S/C11H15NO3/c13-10-15-9-8-14-7-6-12-11-4-2-1-3-5-11/h1-5,10,12H,6-9H2. The molecule has 1 N–H and O–H groups in total. The van der Waals surface area contributed by atoms with Gasteiger partial charge in [-0.1, -0.05) is 18.2 Å². The van der Waals surface area contributed by atoms with Crippen LogP contribution in [0.25, 0.3) is 0 Å². The molecule has 0 aliphatic carbocycles. The van der Waals surface area contributed by atoms with Gasteiger partial charge in [0.15, 0.2) is 0 Å². The first-order valence-corrected chi connectivity index (χ1v) is 4.85. The number of hydrogen-bond donors (Lipinski definition) is 1. The van der Waals surface area contributed by atoms with Crippen molar-refractivity contribution in [3.8, 4) is 0 Å². The van der Waals surface area contributed by atoms with Gasteiger partial charge in [0.1, 0.15) is 6.61 Å². The number of ether oxygens (including phenoxy) is 2. The van der Waals surface area contributed by atoms with E-state index in [2.05, 4.69) is 10.1 Å². The molecule has 0 heterocycles. The van der Waals surface area contributed by atoms with Gasteiger partial charge in [-0.25, -0.2) is 0 Å². The topological polar surface area (TPSA) is 47.6 Å². The largest absolute Gasteiger partial charge is 0.465 e. The first-order valence-electron chi connectivity index (χ1n) is 4.85. The van der Waals surface area contributed by atoms with Crippen LogP contribution in [0.1, 0.15) is 0 Å². The SMILES string of the molecule is O=COCCOCCNc1ccccc1. The minimum absolute atomic E-state index is 0.314. The molecule has 82 valence electrons. The van der Waals surface area contributed by atoms with Crippen LogP contribution >= 0.6 is 0 Å². The summed E-state index contributed by atoms with van der Waals surface area (Å²) in [5, 5.41) is 3.20. The van der Waals surface area contributed by atoms with E-state index in [1.165, 1.54) is 0 Å². The van der Waals surface area contributed by atoms with Crippen molar-refractivity contribution in [1.82, 2.24) is 0 Å². The predicted octanol–water partition coefficient (Wildman–Crippen LogP) is 1.29. The Balaban J connectivity index is 1.95. The minimum Gasteiger partial charge on any atom is -0.465 e. The number of rotatable bonds is 8. The molecule has 4 nitrogen and oxygen atoms in total. The average Bonchev–Trinajstić information content (AvgIpc) is 2.29. The van der Waals surface area contributed by atoms with Crippen molar-refractivity contribution in [2.45, 2.75) is 0 Å². The molecule has 0 saturated carbocycles. The zero-order valence-corrected chi connectivity index (χ0v) is 8.52. The van der Waals surface area contributed by atoms with Crippen molar-refractivity contribution >= 4 is 12.2 Å². The van der Waals surface area contributed by atoms with Crippen LogP contribution in [0.4, 0.5) is 5.69 Å². The van der Waals surface area contributed by atoms with Gasteiger partial charge in [0.2, 0.25) is 0 Å². The van der Waals surface area contributed by atoms with E-state index in [4.69, 9.17) is 4.74 Å². The van der Waals surface area contributed by atoms with Gasteiger partial charge in [0.25, 0.3) is 6.47 Å². The Morgan fingerprint density at radius 2 is 1.93 bits per heavy atom. The van der Waals surface area contributed by atoms with Crippen LogP contribution in [-0.2, 0) is 14.3 Å². The summed E-state index contributed by atoms with van der Waals surface area (Å²) in [6, 6.07) is 9.91. The van der Waals surface area contributed by atoms with Crippen LogP contribution in [0.2, 0.25) is 0 Å². The maximum Gasteiger partial charge on any atom is 0.293 e. The van der Waals surface area contributed by atoms with E-state index in [0.29, 0.717) is 26.3 Å². The Morgan fingerprint density at radius 1 is 1.13 bits per heavy atom. The third kappa shape index (κ3) is 5.70. The van der Waals surface area contributed by atoms with Crippen LogP contribution in [0.15, 0.2) is 30.3 Å². The summed E-state index contributed by atoms with van der Waals surface area (Å²) in [5.74, 6) is 0. The number of hydrogen-bond acceptors (Lipinski definition) is 4. The Morgan fingerprint density at radius 3 is 2.67 bits per heavy atom. The number of para-hydroxylation sites is 1. The second-order valence-corrected chi connectivity index (χ2v) is 2.87. The van der Waals surface area contributed by atoms with Gasteiger partial charge in [-0.15, -0.1) is 0 Å². The van der Waals surface area contributed by atoms with E-state index in [-0.39, 0.29) is 0 Å². The predicted molar refractivity (Wildman–Crippen MR) is 57.8 cm³/mol. The Labute approximate surface area is 89.2 Å². The average molecular weight is 209 g/mol. The first-order chi connectivity index (χ1) is 7.43. The van der Waals surface area contributed by atoms with Crippen LogP contribution in [0.3, 0.4) is 0 Å². The highest BCUT2D eigenvalue weighted by Crippen LogP contribution is 2.03. The van der Waals surface area contributed by atoms with Crippen molar-refractivity contribution in [1.29, 1.82) is 0 Å². The highest BCUT2D eigenvalue weighted by atomic mass is 16.5. The summed E-state index contributed by atoms with van der Waals surface area (Å²) in [4.78, 5) is 9.79. The second kappa shape index (κ2) is 7.82. The zero-order valence-electron chi connectivity index (χ0n) is 8.52. The number of anilines is 1. The quantitative estimate of drug-likeness (QED) is 0.517. The molecule has 0 saturated heterocycles. The van der Waals surface area contributed by atoms with Crippen molar-refractivity contribution in [2.75, 3.05) is 31.7 Å². The molecule has 0 aliphatic heterocycles. The summed E-state index contributed by atoms with van der Waals surface area (Å²) >= 11 is 0. The number of benzene rings is 1. The Kier molecular flexibility index (Phi) is 6.01. The van der Waals surface area contributed by atoms with Gasteiger partial charge < -0.3 is 14.8 Å². The van der Waals surface area contributed by atoms with E-state index in [1.807, 2.05) is 30.3 Å². The fourth-order valence-electron chi connectivity index (χ4n) is 1.08. The van der Waals surface area contributed by atoms with Gasteiger partial charge in [-0.3, -0.25) is 4.79 Å². The molecule has 0 bridgehead atoms. The lowest BCUT2D eigenvalue weighted by Crippen LogP contribution is -2.12. The normalized spacial score (nSPS) is 9.60. The Hall–Kier alpha value is -1.55. The Bertz CT molecular complexity index is 264. The zero-order chi connectivity index (χ0) is 10.8. The number of nitrogens with one attached hydrogen (secondary N) is 1. The molecule has 0 fully saturated rings. The lowest BCUT2D eigenvalue weighted by Gasteiger charge is -2.06. The smallest absolute Gasteiger partial charge is 0.293 e. The molecular weight excluding hydrogens is 194 g/mol. The molecule has 0 aliphatic rings. The maximum atomic E-state index is 9.79. The lowest BCUT2D eigenvalue weighted by molar-refractivity contribution is -0.130. The van der Waals surface area contributed by atoms with Gasteiger partial charge in [-0.05, 0) is 12.1 Å². The summed E-state index contributed by atoms with van der Waals surface area (Å²) in [6.07, 6.45) is 0. The van der Waals surface area contributed by atoms with Crippen molar-refractivity contribution in [3.63, 3.8) is 0 Å². The molecule has 1 aromatic carbocycles. The molecular formula is C11H15NO3. The van der Waals surface area contributed by atoms with Crippen LogP contribution in [0.5, 0.6) is 0 Å². The molecule has 0 aromatic heterocycles. The van der Waals surface area contributed by atoms with Crippen LogP contribution in [-0.4, -0.2) is 32.8 Å². The van der Waals surface area contributed by atoms with Crippen LogP contribution < -0.4 is 5.32 Å². The van der Waals surface area contributed by atoms with Crippen molar-refractivity contribution < 1.29 is 14.3 Å². The van der Waals surface area contributed by atoms with E-state index in [1.54, 1.807) is 0 Å².